The maximum Gasteiger partial charge on any atom is 0.304 e. The first kappa shape index (κ1) is 24.6. The Bertz CT molecular complexity index is 1550. The summed E-state index contributed by atoms with van der Waals surface area (Å²) in [5.74, 6) is -0.822. The number of fused-ring (bicyclic) bond motifs is 3. The molecule has 0 fully saturated rings. The molecule has 0 aliphatic heterocycles. The molecule has 1 aliphatic carbocycles. The quantitative estimate of drug-likeness (QED) is 0.268. The van der Waals surface area contributed by atoms with Crippen LogP contribution in [0, 0.1) is 5.82 Å². The van der Waals surface area contributed by atoms with Gasteiger partial charge in [0.25, 0.3) is 0 Å². The van der Waals surface area contributed by atoms with E-state index in [-0.39, 0.29) is 16.7 Å². The van der Waals surface area contributed by atoms with E-state index in [9.17, 15) is 9.18 Å². The molecular formula is C29H20Cl2FNO2S. The third-order valence-electron chi connectivity index (χ3n) is 5.98. The third kappa shape index (κ3) is 5.19. The highest BCUT2D eigenvalue weighted by Gasteiger charge is 2.24. The molecule has 0 saturated carbocycles. The molecule has 0 amide bonds. The van der Waals surface area contributed by atoms with Crippen molar-refractivity contribution in [1.29, 1.82) is 0 Å². The maximum atomic E-state index is 13.7. The average Bonchev–Trinajstić information content (AvgIpc) is 3.01. The molecule has 5 rings (SSSR count). The molecule has 1 atom stereocenters. The summed E-state index contributed by atoms with van der Waals surface area (Å²) in [4.78, 5) is 15.7. The lowest BCUT2D eigenvalue weighted by atomic mass is 9.97. The van der Waals surface area contributed by atoms with Crippen LogP contribution >= 0.6 is 35.0 Å². The fraction of sp³-hybridized carbons (Fsp3) is 0.103. The van der Waals surface area contributed by atoms with Crippen molar-refractivity contribution in [3.05, 3.63) is 110 Å². The highest BCUT2D eigenvalue weighted by atomic mass is 35.5. The zero-order chi connectivity index (χ0) is 25.2. The van der Waals surface area contributed by atoms with Crippen LogP contribution in [0.4, 0.5) is 4.39 Å². The number of hydrogen-bond donors (Lipinski definition) is 1. The fourth-order valence-electron chi connectivity index (χ4n) is 4.23. The van der Waals surface area contributed by atoms with Crippen LogP contribution in [-0.2, 0) is 4.79 Å². The second-order valence-corrected chi connectivity index (χ2v) is 10.4. The van der Waals surface area contributed by atoms with E-state index in [0.29, 0.717) is 21.7 Å². The van der Waals surface area contributed by atoms with Gasteiger partial charge in [-0.2, -0.15) is 0 Å². The van der Waals surface area contributed by atoms with E-state index in [2.05, 4.69) is 29.3 Å². The summed E-state index contributed by atoms with van der Waals surface area (Å²) < 4.78 is 13.7. The molecule has 1 unspecified atom stereocenters. The van der Waals surface area contributed by atoms with Crippen molar-refractivity contribution in [3.8, 4) is 0 Å². The molecule has 0 radical (unpaired) electrons. The van der Waals surface area contributed by atoms with E-state index in [4.69, 9.17) is 28.3 Å². The molecule has 1 N–H and O–H groups in total. The Labute approximate surface area is 222 Å². The number of aliphatic carboxylic acids is 1. The van der Waals surface area contributed by atoms with Gasteiger partial charge in [0.15, 0.2) is 0 Å². The minimum Gasteiger partial charge on any atom is -0.481 e. The Morgan fingerprint density at radius 1 is 1.00 bits per heavy atom. The first-order valence-corrected chi connectivity index (χ1v) is 13.1. The molecule has 3 aromatic carbocycles. The van der Waals surface area contributed by atoms with Crippen molar-refractivity contribution in [3.63, 3.8) is 0 Å². The Morgan fingerprint density at radius 3 is 2.67 bits per heavy atom. The number of carboxylic acid groups (broad SMARTS) is 1. The maximum absolute atomic E-state index is 13.7. The number of hydrogen-bond acceptors (Lipinski definition) is 3. The summed E-state index contributed by atoms with van der Waals surface area (Å²) in [5, 5.41) is 10.4. The van der Waals surface area contributed by atoms with Crippen LogP contribution in [-0.4, -0.2) is 21.8 Å². The zero-order valence-corrected chi connectivity index (χ0v) is 21.2. The fourth-order valence-corrected chi connectivity index (χ4v) is 6.09. The van der Waals surface area contributed by atoms with Gasteiger partial charge >= 0.3 is 5.97 Å². The van der Waals surface area contributed by atoms with Gasteiger partial charge in [0.2, 0.25) is 0 Å². The van der Waals surface area contributed by atoms with Crippen molar-refractivity contribution < 1.29 is 14.3 Å². The molecular weight excluding hydrogens is 516 g/mol. The lowest BCUT2D eigenvalue weighted by molar-refractivity contribution is -0.136. The minimum absolute atomic E-state index is 0.0420. The average molecular weight is 536 g/mol. The van der Waals surface area contributed by atoms with E-state index in [1.165, 1.54) is 12.1 Å². The molecule has 1 aromatic heterocycles. The van der Waals surface area contributed by atoms with E-state index >= 15 is 0 Å². The van der Waals surface area contributed by atoms with E-state index in [1.807, 2.05) is 48.6 Å². The Balaban J connectivity index is 1.50. The summed E-state index contributed by atoms with van der Waals surface area (Å²) in [6, 6.07) is 18.6. The molecule has 1 heterocycles. The molecule has 1 aliphatic rings. The first-order valence-electron chi connectivity index (χ1n) is 11.3. The van der Waals surface area contributed by atoms with Gasteiger partial charge in [-0.15, -0.1) is 11.8 Å². The number of nitrogens with zero attached hydrogens (tertiary/aromatic N) is 1. The highest BCUT2D eigenvalue weighted by molar-refractivity contribution is 7.99. The van der Waals surface area contributed by atoms with Gasteiger partial charge in [-0.05, 0) is 64.2 Å². The molecule has 180 valence electrons. The second-order valence-electron chi connectivity index (χ2n) is 8.39. The van der Waals surface area contributed by atoms with Crippen LogP contribution in [0.15, 0.2) is 60.7 Å². The van der Waals surface area contributed by atoms with Crippen LogP contribution in [0.25, 0.3) is 35.2 Å². The second kappa shape index (κ2) is 10.5. The number of halogens is 3. The number of aromatic nitrogens is 1. The topological polar surface area (TPSA) is 50.2 Å². The van der Waals surface area contributed by atoms with Crippen LogP contribution in [0.1, 0.15) is 45.2 Å². The Morgan fingerprint density at radius 2 is 1.83 bits per heavy atom. The van der Waals surface area contributed by atoms with Gasteiger partial charge < -0.3 is 5.11 Å². The standard InChI is InChI=1S/C29H20Cl2FNO2S/c30-23-3-1-2-19-8-7-18-6-4-17(14-22(18)29(28(19)23)36-13-12-27(34)35)5-10-21-11-9-20-15-25(32)24(31)16-26(20)33-21/h1-11,14-16,29H,12-13H2,(H,34,35). The van der Waals surface area contributed by atoms with E-state index < -0.39 is 11.8 Å². The number of carboxylic acids is 1. The lowest BCUT2D eigenvalue weighted by Gasteiger charge is -2.21. The van der Waals surface area contributed by atoms with Crippen molar-refractivity contribution in [2.24, 2.45) is 0 Å². The van der Waals surface area contributed by atoms with Crippen LogP contribution in [0.2, 0.25) is 10.0 Å². The normalized spacial score (nSPS) is 14.6. The van der Waals surface area contributed by atoms with Gasteiger partial charge in [-0.1, -0.05) is 71.8 Å². The number of benzene rings is 3. The molecule has 3 nitrogen and oxygen atoms in total. The smallest absolute Gasteiger partial charge is 0.304 e. The van der Waals surface area contributed by atoms with Gasteiger partial charge in [-0.3, -0.25) is 4.79 Å². The summed E-state index contributed by atoms with van der Waals surface area (Å²) in [5.41, 5.74) is 6.47. The highest BCUT2D eigenvalue weighted by Crippen LogP contribution is 2.45. The summed E-state index contributed by atoms with van der Waals surface area (Å²) in [6.45, 7) is 0. The number of rotatable bonds is 6. The summed E-state index contributed by atoms with van der Waals surface area (Å²) in [7, 11) is 0. The van der Waals surface area contributed by atoms with Crippen molar-refractivity contribution in [2.45, 2.75) is 11.7 Å². The SMILES string of the molecule is O=C(O)CCSC1c2cc(C=Cc3ccc4cc(F)c(Cl)cc4n3)ccc2C=Cc2cccc(Cl)c21. The Hall–Kier alpha value is -3.12. The third-order valence-corrected chi connectivity index (χ3v) is 7.87. The van der Waals surface area contributed by atoms with Crippen molar-refractivity contribution in [1.82, 2.24) is 4.98 Å². The predicted octanol–water partition coefficient (Wildman–Crippen LogP) is 8.63. The first-order chi connectivity index (χ1) is 17.4. The molecule has 0 saturated heterocycles. The minimum atomic E-state index is -0.822. The molecule has 0 bridgehead atoms. The molecule has 4 aromatic rings. The van der Waals surface area contributed by atoms with Gasteiger partial charge in [0, 0.05) is 16.2 Å². The van der Waals surface area contributed by atoms with E-state index in [1.54, 1.807) is 11.8 Å². The summed E-state index contributed by atoms with van der Waals surface area (Å²) in [6.07, 6.45) is 8.08. The van der Waals surface area contributed by atoms with E-state index in [0.717, 1.165) is 33.5 Å². The largest absolute Gasteiger partial charge is 0.481 e. The van der Waals surface area contributed by atoms with Gasteiger partial charge in [0.05, 0.1) is 27.9 Å². The van der Waals surface area contributed by atoms with Gasteiger partial charge in [-0.25, -0.2) is 9.37 Å². The molecule has 7 heteroatoms. The van der Waals surface area contributed by atoms with Crippen LogP contribution in [0.5, 0.6) is 0 Å². The van der Waals surface area contributed by atoms with Gasteiger partial charge in [0.1, 0.15) is 5.82 Å². The number of thioether (sulfide) groups is 1. The Kier molecular flexibility index (Phi) is 7.15. The van der Waals surface area contributed by atoms with Crippen LogP contribution < -0.4 is 0 Å². The molecule has 36 heavy (non-hydrogen) atoms. The number of pyridine rings is 1. The van der Waals surface area contributed by atoms with Crippen molar-refractivity contribution in [2.75, 3.05) is 5.75 Å². The zero-order valence-electron chi connectivity index (χ0n) is 18.9. The number of carbonyl (C=O) groups is 1. The molecule has 0 spiro atoms. The summed E-state index contributed by atoms with van der Waals surface area (Å²) >= 11 is 14.2. The monoisotopic (exact) mass is 535 g/mol. The van der Waals surface area contributed by atoms with Crippen LogP contribution in [0.3, 0.4) is 0 Å². The predicted molar refractivity (Wildman–Crippen MR) is 149 cm³/mol. The lowest BCUT2D eigenvalue weighted by Crippen LogP contribution is -2.04. The van der Waals surface area contributed by atoms with Crippen molar-refractivity contribution >= 4 is 76.1 Å².